The standard InChI is InChI=1S/C16H19NO4S/c1-20-14-8-6-7-13(11-14)16(21-2)12-17-22(18,19)15-9-4-3-5-10-15/h3-11,16-17H,12H2,1-2H3. The molecule has 0 aliphatic heterocycles. The van der Waals surface area contributed by atoms with Gasteiger partial charge in [-0.05, 0) is 29.8 Å². The summed E-state index contributed by atoms with van der Waals surface area (Å²) in [6.07, 6.45) is -0.395. The molecule has 6 heteroatoms. The van der Waals surface area contributed by atoms with Crippen LogP contribution in [0.5, 0.6) is 5.75 Å². The third-order valence-corrected chi connectivity index (χ3v) is 4.70. The molecule has 1 atom stereocenters. The van der Waals surface area contributed by atoms with Gasteiger partial charge in [0.05, 0.1) is 18.1 Å². The minimum atomic E-state index is -3.55. The number of nitrogens with one attached hydrogen (secondary N) is 1. The Morgan fingerprint density at radius 1 is 1.05 bits per heavy atom. The Morgan fingerprint density at radius 2 is 1.77 bits per heavy atom. The van der Waals surface area contributed by atoms with Crippen LogP contribution in [0.1, 0.15) is 11.7 Å². The minimum Gasteiger partial charge on any atom is -0.497 e. The van der Waals surface area contributed by atoms with Crippen molar-refractivity contribution in [3.8, 4) is 5.75 Å². The van der Waals surface area contributed by atoms with Gasteiger partial charge in [0.2, 0.25) is 10.0 Å². The summed E-state index contributed by atoms with van der Waals surface area (Å²) in [5.41, 5.74) is 0.845. The molecule has 0 spiro atoms. The zero-order valence-corrected chi connectivity index (χ0v) is 13.3. The van der Waals surface area contributed by atoms with Gasteiger partial charge in [-0.3, -0.25) is 0 Å². The monoisotopic (exact) mass is 321 g/mol. The topological polar surface area (TPSA) is 64.6 Å². The van der Waals surface area contributed by atoms with Crippen molar-refractivity contribution in [1.82, 2.24) is 4.72 Å². The van der Waals surface area contributed by atoms with E-state index in [-0.39, 0.29) is 11.4 Å². The molecule has 0 aliphatic rings. The molecule has 2 aromatic rings. The van der Waals surface area contributed by atoms with Crippen LogP contribution in [-0.2, 0) is 14.8 Å². The van der Waals surface area contributed by atoms with Crippen LogP contribution in [-0.4, -0.2) is 29.2 Å². The molecule has 118 valence electrons. The van der Waals surface area contributed by atoms with Crippen LogP contribution < -0.4 is 9.46 Å². The van der Waals surface area contributed by atoms with E-state index in [0.29, 0.717) is 5.75 Å². The summed E-state index contributed by atoms with van der Waals surface area (Å²) >= 11 is 0. The zero-order chi connectivity index (χ0) is 16.0. The summed E-state index contributed by atoms with van der Waals surface area (Å²) in [5, 5.41) is 0. The van der Waals surface area contributed by atoms with Gasteiger partial charge in [0, 0.05) is 13.7 Å². The summed E-state index contributed by atoms with van der Waals surface area (Å²) < 4.78 is 37.6. The second kappa shape index (κ2) is 7.40. The highest BCUT2D eigenvalue weighted by Crippen LogP contribution is 2.21. The Labute approximate surface area is 130 Å². The Balaban J connectivity index is 2.11. The van der Waals surface area contributed by atoms with Gasteiger partial charge < -0.3 is 9.47 Å². The second-order valence-electron chi connectivity index (χ2n) is 4.67. The third kappa shape index (κ3) is 4.07. The van der Waals surface area contributed by atoms with E-state index >= 15 is 0 Å². The van der Waals surface area contributed by atoms with Gasteiger partial charge >= 0.3 is 0 Å². The number of hydrogen-bond donors (Lipinski definition) is 1. The van der Waals surface area contributed by atoms with E-state index in [1.165, 1.54) is 0 Å². The second-order valence-corrected chi connectivity index (χ2v) is 6.43. The van der Waals surface area contributed by atoms with E-state index < -0.39 is 16.1 Å². The van der Waals surface area contributed by atoms with Crippen molar-refractivity contribution in [2.45, 2.75) is 11.0 Å². The average Bonchev–Trinajstić information content (AvgIpc) is 2.56. The molecule has 22 heavy (non-hydrogen) atoms. The normalized spacial score (nSPS) is 12.8. The maximum Gasteiger partial charge on any atom is 0.240 e. The van der Waals surface area contributed by atoms with Crippen molar-refractivity contribution in [3.05, 3.63) is 60.2 Å². The summed E-state index contributed by atoms with van der Waals surface area (Å²) in [7, 11) is -0.425. The predicted molar refractivity (Wildman–Crippen MR) is 84.4 cm³/mol. The molecule has 2 rings (SSSR count). The van der Waals surface area contributed by atoms with E-state index in [1.54, 1.807) is 44.6 Å². The fourth-order valence-corrected chi connectivity index (χ4v) is 3.10. The zero-order valence-electron chi connectivity index (χ0n) is 12.5. The molecule has 0 aromatic heterocycles. The summed E-state index contributed by atoms with van der Waals surface area (Å²) in [4.78, 5) is 0.232. The van der Waals surface area contributed by atoms with E-state index in [2.05, 4.69) is 4.72 Å². The molecule has 0 bridgehead atoms. The molecule has 2 aromatic carbocycles. The fourth-order valence-electron chi connectivity index (χ4n) is 2.05. The molecule has 0 fully saturated rings. The lowest BCUT2D eigenvalue weighted by molar-refractivity contribution is 0.107. The lowest BCUT2D eigenvalue weighted by atomic mass is 10.1. The summed E-state index contributed by atoms with van der Waals surface area (Å²) in [6.45, 7) is 0.140. The van der Waals surface area contributed by atoms with Gasteiger partial charge in [-0.1, -0.05) is 30.3 Å². The van der Waals surface area contributed by atoms with E-state index in [9.17, 15) is 8.42 Å². The van der Waals surface area contributed by atoms with Gasteiger partial charge in [0.15, 0.2) is 0 Å². The molecule has 0 saturated heterocycles. The fraction of sp³-hybridized carbons (Fsp3) is 0.250. The molecule has 0 saturated carbocycles. The molecule has 0 heterocycles. The first-order valence-electron chi connectivity index (χ1n) is 6.78. The summed E-state index contributed by atoms with van der Waals surface area (Å²) in [5.74, 6) is 0.700. The minimum absolute atomic E-state index is 0.140. The third-order valence-electron chi connectivity index (χ3n) is 3.26. The number of methoxy groups -OCH3 is 2. The van der Waals surface area contributed by atoms with Crippen molar-refractivity contribution in [2.24, 2.45) is 0 Å². The van der Waals surface area contributed by atoms with Crippen LogP contribution >= 0.6 is 0 Å². The first-order chi connectivity index (χ1) is 10.6. The quantitative estimate of drug-likeness (QED) is 0.850. The predicted octanol–water partition coefficient (Wildman–Crippen LogP) is 2.36. The number of hydrogen-bond acceptors (Lipinski definition) is 4. The van der Waals surface area contributed by atoms with Gasteiger partial charge in [-0.25, -0.2) is 13.1 Å². The van der Waals surface area contributed by atoms with Crippen LogP contribution in [0.15, 0.2) is 59.5 Å². The molecular formula is C16H19NO4S. The van der Waals surface area contributed by atoms with E-state index in [0.717, 1.165) is 5.56 Å². The highest BCUT2D eigenvalue weighted by atomic mass is 32.2. The largest absolute Gasteiger partial charge is 0.497 e. The van der Waals surface area contributed by atoms with Crippen molar-refractivity contribution in [2.75, 3.05) is 20.8 Å². The van der Waals surface area contributed by atoms with Gasteiger partial charge in [-0.2, -0.15) is 0 Å². The van der Waals surface area contributed by atoms with Crippen LogP contribution in [0.25, 0.3) is 0 Å². The van der Waals surface area contributed by atoms with Gasteiger partial charge in [-0.15, -0.1) is 0 Å². The number of ether oxygens (including phenoxy) is 2. The highest BCUT2D eigenvalue weighted by Gasteiger charge is 2.18. The molecular weight excluding hydrogens is 302 g/mol. The molecule has 0 radical (unpaired) electrons. The van der Waals surface area contributed by atoms with Crippen LogP contribution in [0, 0.1) is 0 Å². The Kier molecular flexibility index (Phi) is 5.54. The van der Waals surface area contributed by atoms with Crippen LogP contribution in [0.3, 0.4) is 0 Å². The summed E-state index contributed by atoms with van der Waals surface area (Å²) in [6, 6.07) is 15.6. The first kappa shape index (κ1) is 16.5. The molecule has 5 nitrogen and oxygen atoms in total. The number of rotatable bonds is 7. The first-order valence-corrected chi connectivity index (χ1v) is 8.26. The van der Waals surface area contributed by atoms with E-state index in [1.807, 2.05) is 24.3 Å². The van der Waals surface area contributed by atoms with Gasteiger partial charge in [0.25, 0.3) is 0 Å². The smallest absolute Gasteiger partial charge is 0.240 e. The molecule has 1 unspecified atom stereocenters. The van der Waals surface area contributed by atoms with Gasteiger partial charge in [0.1, 0.15) is 5.75 Å². The SMILES string of the molecule is COc1cccc(C(CNS(=O)(=O)c2ccccc2)OC)c1. The average molecular weight is 321 g/mol. The van der Waals surface area contributed by atoms with E-state index in [4.69, 9.17) is 9.47 Å². The van der Waals surface area contributed by atoms with Crippen LogP contribution in [0.4, 0.5) is 0 Å². The Morgan fingerprint density at radius 3 is 2.41 bits per heavy atom. The van der Waals surface area contributed by atoms with Crippen molar-refractivity contribution < 1.29 is 17.9 Å². The number of sulfonamides is 1. The lowest BCUT2D eigenvalue weighted by Crippen LogP contribution is -2.29. The molecule has 0 amide bonds. The Bertz CT molecular complexity index is 701. The molecule has 0 aliphatic carbocycles. The van der Waals surface area contributed by atoms with Crippen LogP contribution in [0.2, 0.25) is 0 Å². The van der Waals surface area contributed by atoms with Crippen molar-refractivity contribution in [1.29, 1.82) is 0 Å². The maximum absolute atomic E-state index is 12.2. The highest BCUT2D eigenvalue weighted by molar-refractivity contribution is 7.89. The Hall–Kier alpha value is -1.89. The lowest BCUT2D eigenvalue weighted by Gasteiger charge is -2.17. The molecule has 1 N–H and O–H groups in total. The number of benzene rings is 2. The maximum atomic E-state index is 12.2. The van der Waals surface area contributed by atoms with Crippen molar-refractivity contribution >= 4 is 10.0 Å². The van der Waals surface area contributed by atoms with Crippen molar-refractivity contribution in [3.63, 3.8) is 0 Å².